The Morgan fingerprint density at radius 2 is 1.75 bits per heavy atom. The van der Waals surface area contributed by atoms with E-state index in [0.29, 0.717) is 21.5 Å². The zero-order valence-corrected chi connectivity index (χ0v) is 22.3. The lowest BCUT2D eigenvalue weighted by molar-refractivity contribution is 0.104. The number of hydrogen-bond donors (Lipinski definition) is 1. The van der Waals surface area contributed by atoms with Crippen molar-refractivity contribution < 1.29 is 4.79 Å². The number of likely N-dealkylation sites (tertiary alicyclic amines) is 2. The van der Waals surface area contributed by atoms with Crippen molar-refractivity contribution in [3.8, 4) is 0 Å². The Morgan fingerprint density at radius 1 is 0.972 bits per heavy atom. The van der Waals surface area contributed by atoms with Gasteiger partial charge in [0.05, 0.1) is 10.0 Å². The topological polar surface area (TPSA) is 39.3 Å². The molecular weight excluding hydrogens is 489 g/mol. The van der Waals surface area contributed by atoms with Crippen LogP contribution in [0, 0.1) is 5.92 Å². The molecule has 0 aliphatic carbocycles. The molecule has 1 aromatic heterocycles. The number of nitrogens with zero attached hydrogens (tertiary/aromatic N) is 2. The Hall–Kier alpha value is -2.27. The molecular formula is C30H35Cl2N3O. The number of para-hydroxylation sites is 1. The number of fused-ring (bicyclic) bond motifs is 1. The summed E-state index contributed by atoms with van der Waals surface area (Å²) in [6, 6.07) is 13.7. The molecule has 2 saturated heterocycles. The summed E-state index contributed by atoms with van der Waals surface area (Å²) >= 11 is 12.0. The highest BCUT2D eigenvalue weighted by atomic mass is 35.5. The van der Waals surface area contributed by atoms with Crippen LogP contribution in [0.5, 0.6) is 0 Å². The first-order chi connectivity index (χ1) is 17.6. The second-order valence-electron chi connectivity index (χ2n) is 10.3. The van der Waals surface area contributed by atoms with Crippen LogP contribution in [0.25, 0.3) is 10.9 Å². The molecule has 3 aromatic rings. The van der Waals surface area contributed by atoms with Gasteiger partial charge in [-0.1, -0.05) is 41.4 Å². The number of rotatable bonds is 8. The van der Waals surface area contributed by atoms with Gasteiger partial charge in [0, 0.05) is 48.0 Å². The Bertz CT molecular complexity index is 1200. The van der Waals surface area contributed by atoms with Crippen molar-refractivity contribution in [3.63, 3.8) is 0 Å². The van der Waals surface area contributed by atoms with Crippen molar-refractivity contribution in [1.82, 2.24) is 14.8 Å². The number of piperidine rings is 2. The molecule has 5 rings (SSSR count). The molecule has 190 valence electrons. The lowest BCUT2D eigenvalue weighted by Gasteiger charge is -2.33. The fraction of sp³-hybridized carbons (Fsp3) is 0.433. The minimum atomic E-state index is -0.0378. The number of nitrogens with one attached hydrogen (secondary N) is 1. The van der Waals surface area contributed by atoms with Crippen molar-refractivity contribution in [1.29, 1.82) is 0 Å². The minimum absolute atomic E-state index is 0.0378. The van der Waals surface area contributed by atoms with Crippen LogP contribution in [-0.2, 0) is 0 Å². The zero-order valence-electron chi connectivity index (χ0n) is 20.8. The molecule has 0 atom stereocenters. The predicted octanol–water partition coefficient (Wildman–Crippen LogP) is 7.54. The van der Waals surface area contributed by atoms with E-state index in [1.54, 1.807) is 24.3 Å². The molecule has 6 heteroatoms. The van der Waals surface area contributed by atoms with Crippen LogP contribution in [0.1, 0.15) is 60.4 Å². The van der Waals surface area contributed by atoms with E-state index in [2.05, 4.69) is 45.2 Å². The number of carbonyl (C=O) groups excluding carboxylic acids is 1. The van der Waals surface area contributed by atoms with Crippen molar-refractivity contribution >= 4 is 39.9 Å². The maximum Gasteiger partial charge on any atom is 0.187 e. The number of benzene rings is 2. The van der Waals surface area contributed by atoms with Gasteiger partial charge in [0.25, 0.3) is 0 Å². The summed E-state index contributed by atoms with van der Waals surface area (Å²) in [6.45, 7) is 5.68. The SMILES string of the molecule is O=C(/C=C/N1CCC(CCCN2CCC(c3c[nH]c4ccccc34)CC2)CC1)c1ccc(Cl)c(Cl)c1. The summed E-state index contributed by atoms with van der Waals surface area (Å²) in [5.74, 6) is 1.44. The van der Waals surface area contributed by atoms with Gasteiger partial charge < -0.3 is 14.8 Å². The van der Waals surface area contributed by atoms with E-state index in [1.165, 1.54) is 74.6 Å². The van der Waals surface area contributed by atoms with E-state index in [1.807, 2.05) is 6.20 Å². The van der Waals surface area contributed by atoms with Crippen LogP contribution in [0.15, 0.2) is 60.9 Å². The van der Waals surface area contributed by atoms with E-state index in [0.717, 1.165) is 19.0 Å². The lowest BCUT2D eigenvalue weighted by atomic mass is 9.88. The fourth-order valence-corrected chi connectivity index (χ4v) is 6.11. The molecule has 1 N–H and O–H groups in total. The number of aromatic nitrogens is 1. The maximum absolute atomic E-state index is 12.4. The van der Waals surface area contributed by atoms with Gasteiger partial charge in [-0.2, -0.15) is 0 Å². The van der Waals surface area contributed by atoms with Gasteiger partial charge in [-0.05, 0) is 99.8 Å². The van der Waals surface area contributed by atoms with Crippen LogP contribution in [0.3, 0.4) is 0 Å². The van der Waals surface area contributed by atoms with E-state index < -0.39 is 0 Å². The third-order valence-electron chi connectivity index (χ3n) is 8.03. The number of carbonyl (C=O) groups is 1. The standard InChI is InChI=1S/C30H35Cl2N3O/c31-27-8-7-24(20-28(27)32)30(36)13-19-35-15-9-22(10-16-35)4-3-14-34-17-11-23(12-18-34)26-21-33-29-6-2-1-5-25(26)29/h1-2,5-8,13,19-23,33H,3-4,9-12,14-18H2/b19-13+. The van der Waals surface area contributed by atoms with Crippen LogP contribution in [-0.4, -0.2) is 53.3 Å². The van der Waals surface area contributed by atoms with Crippen LogP contribution in [0.4, 0.5) is 0 Å². The summed E-state index contributed by atoms with van der Waals surface area (Å²) in [7, 11) is 0. The summed E-state index contributed by atoms with van der Waals surface area (Å²) in [6.07, 6.45) is 13.3. The van der Waals surface area contributed by atoms with E-state index in [4.69, 9.17) is 23.2 Å². The quantitative estimate of drug-likeness (QED) is 0.244. The van der Waals surface area contributed by atoms with Crippen LogP contribution in [0.2, 0.25) is 10.0 Å². The van der Waals surface area contributed by atoms with Crippen LogP contribution >= 0.6 is 23.2 Å². The predicted molar refractivity (Wildman–Crippen MR) is 150 cm³/mol. The largest absolute Gasteiger partial charge is 0.377 e. The van der Waals surface area contributed by atoms with Crippen molar-refractivity contribution in [2.24, 2.45) is 5.92 Å². The smallest absolute Gasteiger partial charge is 0.187 e. The van der Waals surface area contributed by atoms with Crippen molar-refractivity contribution in [3.05, 3.63) is 82.1 Å². The number of H-pyrrole nitrogens is 1. The van der Waals surface area contributed by atoms with E-state index >= 15 is 0 Å². The molecule has 4 nitrogen and oxygen atoms in total. The van der Waals surface area contributed by atoms with Gasteiger partial charge >= 0.3 is 0 Å². The molecule has 0 spiro atoms. The van der Waals surface area contributed by atoms with Gasteiger partial charge in [0.2, 0.25) is 0 Å². The second kappa shape index (κ2) is 11.9. The third kappa shape index (κ3) is 6.16. The normalized spacial score (nSPS) is 18.4. The molecule has 0 bridgehead atoms. The molecule has 36 heavy (non-hydrogen) atoms. The summed E-state index contributed by atoms with van der Waals surface area (Å²) < 4.78 is 0. The number of allylic oxidation sites excluding steroid dienone is 1. The first-order valence-corrected chi connectivity index (χ1v) is 14.0. The number of ketones is 1. The average molecular weight is 525 g/mol. The van der Waals surface area contributed by atoms with Gasteiger partial charge in [0.1, 0.15) is 0 Å². The Balaban J connectivity index is 0.994. The Morgan fingerprint density at radius 3 is 2.53 bits per heavy atom. The second-order valence-corrected chi connectivity index (χ2v) is 11.2. The summed E-state index contributed by atoms with van der Waals surface area (Å²) in [4.78, 5) is 20.8. The molecule has 2 aromatic carbocycles. The number of aromatic amines is 1. The summed E-state index contributed by atoms with van der Waals surface area (Å²) in [5, 5.41) is 2.28. The van der Waals surface area contributed by atoms with Crippen LogP contribution < -0.4 is 0 Å². The third-order valence-corrected chi connectivity index (χ3v) is 8.76. The van der Waals surface area contributed by atoms with Gasteiger partial charge in [-0.3, -0.25) is 4.79 Å². The Kier molecular flexibility index (Phi) is 8.36. The first-order valence-electron chi connectivity index (χ1n) is 13.3. The van der Waals surface area contributed by atoms with Gasteiger partial charge in [-0.15, -0.1) is 0 Å². The maximum atomic E-state index is 12.4. The monoisotopic (exact) mass is 523 g/mol. The molecule has 3 heterocycles. The molecule has 2 aliphatic rings. The first kappa shape index (κ1) is 25.4. The molecule has 2 fully saturated rings. The Labute approximate surface area is 224 Å². The number of hydrogen-bond acceptors (Lipinski definition) is 3. The highest BCUT2D eigenvalue weighted by molar-refractivity contribution is 6.42. The minimum Gasteiger partial charge on any atom is -0.377 e. The van der Waals surface area contributed by atoms with Crippen molar-refractivity contribution in [2.75, 3.05) is 32.7 Å². The molecule has 0 unspecified atom stereocenters. The van der Waals surface area contributed by atoms with E-state index in [-0.39, 0.29) is 5.78 Å². The van der Waals surface area contributed by atoms with Crippen molar-refractivity contribution in [2.45, 2.75) is 44.4 Å². The highest BCUT2D eigenvalue weighted by Crippen LogP contribution is 2.33. The zero-order chi connectivity index (χ0) is 24.9. The van der Waals surface area contributed by atoms with Gasteiger partial charge in [0.15, 0.2) is 5.78 Å². The fourth-order valence-electron chi connectivity index (χ4n) is 5.81. The molecule has 2 aliphatic heterocycles. The molecule has 0 amide bonds. The molecule has 0 saturated carbocycles. The molecule has 0 radical (unpaired) electrons. The summed E-state index contributed by atoms with van der Waals surface area (Å²) in [5.41, 5.74) is 3.33. The van der Waals surface area contributed by atoms with Gasteiger partial charge in [-0.25, -0.2) is 0 Å². The highest BCUT2D eigenvalue weighted by Gasteiger charge is 2.23. The lowest BCUT2D eigenvalue weighted by Crippen LogP contribution is -2.34. The number of halogens is 2. The average Bonchev–Trinajstić information content (AvgIpc) is 3.34. The van der Waals surface area contributed by atoms with E-state index in [9.17, 15) is 4.79 Å².